The molecule has 0 spiro atoms. The lowest BCUT2D eigenvalue weighted by atomic mass is 10.6. The molecule has 0 bridgehead atoms. The van der Waals surface area contributed by atoms with Gasteiger partial charge in [0.2, 0.25) is 5.89 Å². The molecule has 116 valence electrons. The molecule has 2 aromatic heterocycles. The Balaban J connectivity index is 0.00000220. The molecular weight excluding hydrogens is 318 g/mol. The number of nitrogens with one attached hydrogen (secondary N) is 2. The van der Waals surface area contributed by atoms with Crippen LogP contribution in [0.25, 0.3) is 0 Å². The molecule has 0 unspecified atom stereocenters. The Kier molecular flexibility index (Phi) is 6.59. The molecule has 2 rings (SSSR count). The van der Waals surface area contributed by atoms with E-state index in [0.717, 1.165) is 11.0 Å². The molecule has 1 amide bonds. The number of thioether (sulfide) groups is 1. The van der Waals surface area contributed by atoms with Gasteiger partial charge in [-0.15, -0.1) is 22.6 Å². The summed E-state index contributed by atoms with van der Waals surface area (Å²) in [5.74, 6) is 1.28. The predicted octanol–water partition coefficient (Wildman–Crippen LogP) is -0.00880. The maximum Gasteiger partial charge on any atom is 0.292 e. The molecule has 2 aromatic rings. The van der Waals surface area contributed by atoms with E-state index in [-0.39, 0.29) is 24.1 Å². The maximum absolute atomic E-state index is 11.3. The van der Waals surface area contributed by atoms with Gasteiger partial charge in [-0.3, -0.25) is 4.79 Å². The molecule has 0 saturated heterocycles. The van der Waals surface area contributed by atoms with Crippen LogP contribution in [0.4, 0.5) is 0 Å². The zero-order valence-corrected chi connectivity index (χ0v) is 13.4. The Morgan fingerprint density at radius 3 is 2.81 bits per heavy atom. The average Bonchev–Trinajstić information content (AvgIpc) is 3.05. The van der Waals surface area contributed by atoms with Crippen LogP contribution in [0.2, 0.25) is 0 Å². The quantitative estimate of drug-likeness (QED) is 0.710. The van der Waals surface area contributed by atoms with Gasteiger partial charge < -0.3 is 19.7 Å². The minimum absolute atomic E-state index is 0. The van der Waals surface area contributed by atoms with Crippen LogP contribution in [0, 0.1) is 0 Å². The molecule has 0 atom stereocenters. The van der Waals surface area contributed by atoms with Crippen molar-refractivity contribution in [3.63, 3.8) is 0 Å². The molecular formula is C10H16ClN7O2S. The van der Waals surface area contributed by atoms with Gasteiger partial charge >= 0.3 is 0 Å². The second kappa shape index (κ2) is 7.96. The first-order valence-electron chi connectivity index (χ1n) is 5.86. The first-order valence-corrected chi connectivity index (χ1v) is 6.84. The fraction of sp³-hybridized carbons (Fsp3) is 0.500. The van der Waals surface area contributed by atoms with Crippen LogP contribution in [-0.2, 0) is 19.3 Å². The third kappa shape index (κ3) is 4.16. The van der Waals surface area contributed by atoms with E-state index in [1.165, 1.54) is 18.8 Å². The molecule has 0 fully saturated rings. The lowest BCUT2D eigenvalue weighted by molar-refractivity contribution is 0.0950. The summed E-state index contributed by atoms with van der Waals surface area (Å²) >= 11 is 1.41. The SMILES string of the molecule is CNCc1nnc(SCc2nc(C(=O)NC)no2)n1C.Cl. The van der Waals surface area contributed by atoms with E-state index in [0.29, 0.717) is 18.2 Å². The van der Waals surface area contributed by atoms with E-state index in [9.17, 15) is 4.79 Å². The summed E-state index contributed by atoms with van der Waals surface area (Å²) in [6.45, 7) is 0.644. The monoisotopic (exact) mass is 333 g/mol. The number of amides is 1. The van der Waals surface area contributed by atoms with Crippen molar-refractivity contribution < 1.29 is 9.32 Å². The summed E-state index contributed by atoms with van der Waals surface area (Å²) in [4.78, 5) is 15.3. The summed E-state index contributed by atoms with van der Waals surface area (Å²) in [7, 11) is 5.25. The van der Waals surface area contributed by atoms with Crippen molar-refractivity contribution in [1.82, 2.24) is 35.5 Å². The van der Waals surface area contributed by atoms with E-state index in [1.807, 2.05) is 18.7 Å². The Bertz CT molecular complexity index is 600. The number of halogens is 1. The van der Waals surface area contributed by atoms with Crippen molar-refractivity contribution in [2.24, 2.45) is 7.05 Å². The molecule has 0 aliphatic carbocycles. The highest BCUT2D eigenvalue weighted by molar-refractivity contribution is 7.98. The van der Waals surface area contributed by atoms with Crippen molar-refractivity contribution in [3.8, 4) is 0 Å². The minimum Gasteiger partial charge on any atom is -0.352 e. The van der Waals surface area contributed by atoms with Crippen molar-refractivity contribution in [1.29, 1.82) is 0 Å². The van der Waals surface area contributed by atoms with E-state index in [1.54, 1.807) is 0 Å². The Labute approximate surface area is 131 Å². The van der Waals surface area contributed by atoms with E-state index < -0.39 is 0 Å². The normalized spacial score (nSPS) is 10.2. The smallest absolute Gasteiger partial charge is 0.292 e. The fourth-order valence-corrected chi connectivity index (χ4v) is 2.19. The zero-order valence-electron chi connectivity index (χ0n) is 11.8. The molecule has 0 aliphatic heterocycles. The van der Waals surface area contributed by atoms with E-state index >= 15 is 0 Å². The van der Waals surface area contributed by atoms with Gasteiger partial charge in [-0.25, -0.2) is 0 Å². The van der Waals surface area contributed by atoms with Crippen molar-refractivity contribution >= 4 is 30.1 Å². The number of carbonyl (C=O) groups is 1. The topological polar surface area (TPSA) is 111 Å². The van der Waals surface area contributed by atoms with Crippen LogP contribution in [-0.4, -0.2) is 44.9 Å². The number of hydrogen-bond acceptors (Lipinski definition) is 8. The summed E-state index contributed by atoms with van der Waals surface area (Å²) in [6.07, 6.45) is 0. The van der Waals surface area contributed by atoms with Crippen molar-refractivity contribution in [3.05, 3.63) is 17.5 Å². The van der Waals surface area contributed by atoms with Gasteiger partial charge in [0.1, 0.15) is 5.82 Å². The number of nitrogens with zero attached hydrogens (tertiary/aromatic N) is 5. The number of hydrogen-bond donors (Lipinski definition) is 2. The van der Waals surface area contributed by atoms with Gasteiger partial charge in [-0.1, -0.05) is 16.9 Å². The van der Waals surface area contributed by atoms with Gasteiger partial charge in [-0.05, 0) is 7.05 Å². The van der Waals surface area contributed by atoms with Crippen molar-refractivity contribution in [2.45, 2.75) is 17.5 Å². The van der Waals surface area contributed by atoms with E-state index in [2.05, 4.69) is 31.0 Å². The van der Waals surface area contributed by atoms with Gasteiger partial charge in [0.15, 0.2) is 5.16 Å². The molecule has 0 radical (unpaired) electrons. The minimum atomic E-state index is -0.375. The van der Waals surface area contributed by atoms with E-state index in [4.69, 9.17) is 4.52 Å². The first kappa shape index (κ1) is 17.4. The lowest BCUT2D eigenvalue weighted by Crippen LogP contribution is -2.19. The van der Waals surface area contributed by atoms with Gasteiger partial charge in [0.05, 0.1) is 12.3 Å². The summed E-state index contributed by atoms with van der Waals surface area (Å²) in [5.41, 5.74) is 0. The van der Waals surface area contributed by atoms with Gasteiger partial charge in [-0.2, -0.15) is 4.98 Å². The van der Waals surface area contributed by atoms with Crippen LogP contribution in [0.5, 0.6) is 0 Å². The second-order valence-corrected chi connectivity index (χ2v) is 4.81. The number of carbonyl (C=O) groups excluding carboxylic acids is 1. The van der Waals surface area contributed by atoms with Crippen LogP contribution in [0.15, 0.2) is 9.68 Å². The molecule has 2 heterocycles. The average molecular weight is 334 g/mol. The molecule has 9 nitrogen and oxygen atoms in total. The zero-order chi connectivity index (χ0) is 14.5. The first-order chi connectivity index (χ1) is 9.65. The Morgan fingerprint density at radius 1 is 1.38 bits per heavy atom. The third-order valence-corrected chi connectivity index (χ3v) is 3.49. The van der Waals surface area contributed by atoms with Crippen LogP contribution < -0.4 is 10.6 Å². The van der Waals surface area contributed by atoms with Crippen LogP contribution >= 0.6 is 24.2 Å². The maximum atomic E-state index is 11.3. The molecule has 0 saturated carbocycles. The Hall–Kier alpha value is -1.65. The highest BCUT2D eigenvalue weighted by Gasteiger charge is 2.15. The highest BCUT2D eigenvalue weighted by atomic mass is 35.5. The standard InChI is InChI=1S/C10H15N7O2S.ClH/c1-11-4-6-14-15-10(17(6)3)20-5-7-13-8(16-19-7)9(18)12-2;/h11H,4-5H2,1-3H3,(H,12,18);1H. The largest absolute Gasteiger partial charge is 0.352 e. The van der Waals surface area contributed by atoms with Gasteiger partial charge in [0.25, 0.3) is 11.7 Å². The summed E-state index contributed by atoms with van der Waals surface area (Å²) in [6, 6.07) is 0. The summed E-state index contributed by atoms with van der Waals surface area (Å²) < 4.78 is 6.88. The molecule has 0 aliphatic rings. The lowest BCUT2D eigenvalue weighted by Gasteiger charge is -2.01. The Morgan fingerprint density at radius 2 is 2.14 bits per heavy atom. The van der Waals surface area contributed by atoms with Crippen LogP contribution in [0.1, 0.15) is 22.3 Å². The second-order valence-electron chi connectivity index (χ2n) is 3.87. The molecule has 0 aromatic carbocycles. The highest BCUT2D eigenvalue weighted by Crippen LogP contribution is 2.20. The van der Waals surface area contributed by atoms with Crippen molar-refractivity contribution in [2.75, 3.05) is 14.1 Å². The number of rotatable bonds is 6. The third-order valence-electron chi connectivity index (χ3n) is 2.48. The fourth-order valence-electron chi connectivity index (χ4n) is 1.43. The molecule has 11 heteroatoms. The predicted molar refractivity (Wildman–Crippen MR) is 78.3 cm³/mol. The van der Waals surface area contributed by atoms with Gasteiger partial charge in [0, 0.05) is 14.1 Å². The number of aromatic nitrogens is 5. The molecule has 21 heavy (non-hydrogen) atoms. The van der Waals surface area contributed by atoms with Crippen LogP contribution in [0.3, 0.4) is 0 Å². The summed E-state index contributed by atoms with van der Waals surface area (Å²) in [5, 5.41) is 17.9. The molecule has 2 N–H and O–H groups in total.